The molecule has 0 aliphatic rings. The molecule has 7 heteroatoms. The largest absolute Gasteiger partial charge is 0.544 e. The van der Waals surface area contributed by atoms with E-state index in [1.54, 1.807) is 14.1 Å². The smallest absolute Gasteiger partial charge is 0.211 e. The highest BCUT2D eigenvalue weighted by atomic mass is 32.2. The maximum absolute atomic E-state index is 12.0. The molecule has 0 radical (unpaired) electrons. The van der Waals surface area contributed by atoms with Crippen LogP contribution in [0.2, 0.25) is 0 Å². The number of carboxylic acids is 1. The van der Waals surface area contributed by atoms with Crippen LogP contribution in [0, 0.1) is 0 Å². The summed E-state index contributed by atoms with van der Waals surface area (Å²) < 4.78 is 26.9. The standard InChI is InChI=1S/C21H44N2O4S/c1-4-5-6-7-8-9-10-11-12-13-14-15-19-28(26,27)22-17-16-18-23(2,3)20-21(24)25/h22H,4-20H2,1-3H3. The molecule has 0 aliphatic heterocycles. The summed E-state index contributed by atoms with van der Waals surface area (Å²) in [5.74, 6) is -0.903. The summed E-state index contributed by atoms with van der Waals surface area (Å²) >= 11 is 0. The Morgan fingerprint density at radius 2 is 1.29 bits per heavy atom. The van der Waals surface area contributed by atoms with E-state index in [1.165, 1.54) is 57.8 Å². The Hall–Kier alpha value is -0.660. The molecule has 0 saturated heterocycles. The van der Waals surface area contributed by atoms with Crippen molar-refractivity contribution in [1.82, 2.24) is 4.72 Å². The highest BCUT2D eigenvalue weighted by molar-refractivity contribution is 7.89. The highest BCUT2D eigenvalue weighted by Gasteiger charge is 2.15. The lowest BCUT2D eigenvalue weighted by Gasteiger charge is -2.30. The van der Waals surface area contributed by atoms with Gasteiger partial charge in [0.25, 0.3) is 0 Å². The first-order valence-electron chi connectivity index (χ1n) is 11.2. The molecule has 0 saturated carbocycles. The molecule has 0 atom stereocenters. The zero-order chi connectivity index (χ0) is 21.3. The summed E-state index contributed by atoms with van der Waals surface area (Å²) in [7, 11) is 0.384. The van der Waals surface area contributed by atoms with Crippen molar-refractivity contribution in [2.45, 2.75) is 90.4 Å². The van der Waals surface area contributed by atoms with Gasteiger partial charge in [0, 0.05) is 13.0 Å². The average molecular weight is 421 g/mol. The van der Waals surface area contributed by atoms with Crippen LogP contribution in [-0.2, 0) is 14.8 Å². The van der Waals surface area contributed by atoms with Crippen LogP contribution in [0.4, 0.5) is 0 Å². The first-order valence-corrected chi connectivity index (χ1v) is 12.8. The zero-order valence-electron chi connectivity index (χ0n) is 18.5. The van der Waals surface area contributed by atoms with Crippen LogP contribution in [0.5, 0.6) is 0 Å². The summed E-state index contributed by atoms with van der Waals surface area (Å²) in [6, 6.07) is 0. The van der Waals surface area contributed by atoms with Crippen molar-refractivity contribution in [1.29, 1.82) is 0 Å². The third kappa shape index (κ3) is 18.7. The number of carbonyl (C=O) groups is 1. The van der Waals surface area contributed by atoms with Crippen molar-refractivity contribution in [2.24, 2.45) is 0 Å². The molecule has 0 rings (SSSR count). The van der Waals surface area contributed by atoms with Gasteiger partial charge in [-0.2, -0.15) is 0 Å². The van der Waals surface area contributed by atoms with Crippen molar-refractivity contribution in [3.05, 3.63) is 0 Å². The Balaban J connectivity index is 3.56. The van der Waals surface area contributed by atoms with Gasteiger partial charge in [-0.05, 0) is 6.42 Å². The zero-order valence-corrected chi connectivity index (χ0v) is 19.3. The van der Waals surface area contributed by atoms with Crippen molar-refractivity contribution in [3.63, 3.8) is 0 Å². The molecule has 6 nitrogen and oxygen atoms in total. The number of quaternary nitrogens is 1. The van der Waals surface area contributed by atoms with Crippen LogP contribution in [0.3, 0.4) is 0 Å². The monoisotopic (exact) mass is 420 g/mol. The number of aliphatic carboxylic acids is 1. The van der Waals surface area contributed by atoms with Crippen LogP contribution >= 0.6 is 0 Å². The van der Waals surface area contributed by atoms with Gasteiger partial charge < -0.3 is 14.4 Å². The van der Waals surface area contributed by atoms with Crippen LogP contribution < -0.4 is 9.83 Å². The molecule has 0 aromatic rings. The molecule has 168 valence electrons. The maximum Gasteiger partial charge on any atom is 0.211 e. The number of carboxylic acid groups (broad SMARTS) is 1. The maximum atomic E-state index is 12.0. The third-order valence-corrected chi connectivity index (χ3v) is 6.56. The van der Waals surface area contributed by atoms with Crippen molar-refractivity contribution in [2.75, 3.05) is 39.5 Å². The fraction of sp³-hybridized carbons (Fsp3) is 0.952. The predicted molar refractivity (Wildman–Crippen MR) is 114 cm³/mol. The second-order valence-corrected chi connectivity index (χ2v) is 10.6. The number of rotatable bonds is 20. The number of sulfonamides is 1. The molecule has 0 heterocycles. The lowest BCUT2D eigenvalue weighted by molar-refractivity contribution is -0.884. The Labute approximate surface area is 173 Å². The lowest BCUT2D eigenvalue weighted by Crippen LogP contribution is -2.49. The normalized spacial score (nSPS) is 12.4. The lowest BCUT2D eigenvalue weighted by atomic mass is 10.1. The molecule has 0 unspecified atom stereocenters. The van der Waals surface area contributed by atoms with E-state index in [2.05, 4.69) is 11.6 Å². The Bertz CT molecular complexity index is 493. The molecule has 28 heavy (non-hydrogen) atoms. The first-order chi connectivity index (χ1) is 13.2. The Morgan fingerprint density at radius 3 is 1.75 bits per heavy atom. The topological polar surface area (TPSA) is 86.3 Å². The number of hydrogen-bond acceptors (Lipinski definition) is 4. The predicted octanol–water partition coefficient (Wildman–Crippen LogP) is 2.82. The molecule has 0 spiro atoms. The van der Waals surface area contributed by atoms with Crippen LogP contribution in [-0.4, -0.2) is 58.4 Å². The van der Waals surface area contributed by atoms with Gasteiger partial charge in [-0.3, -0.25) is 0 Å². The van der Waals surface area contributed by atoms with Gasteiger partial charge in [0.05, 0.1) is 32.4 Å². The van der Waals surface area contributed by atoms with Crippen molar-refractivity contribution in [3.8, 4) is 0 Å². The number of nitrogens with zero attached hydrogens (tertiary/aromatic N) is 1. The fourth-order valence-corrected chi connectivity index (χ4v) is 4.55. The number of nitrogens with one attached hydrogen (secondary N) is 1. The van der Waals surface area contributed by atoms with E-state index in [-0.39, 0.29) is 12.3 Å². The van der Waals surface area contributed by atoms with Crippen LogP contribution in [0.25, 0.3) is 0 Å². The Morgan fingerprint density at radius 1 is 0.821 bits per heavy atom. The molecule has 0 aromatic heterocycles. The first kappa shape index (κ1) is 27.3. The molecule has 0 aromatic carbocycles. The van der Waals surface area contributed by atoms with Gasteiger partial charge in [-0.15, -0.1) is 0 Å². The summed E-state index contributed by atoms with van der Waals surface area (Å²) in [6.45, 7) is 3.13. The van der Waals surface area contributed by atoms with Gasteiger partial charge in [0.15, 0.2) is 0 Å². The Kier molecular flexibility index (Phi) is 15.8. The molecule has 0 amide bonds. The third-order valence-electron chi connectivity index (χ3n) is 5.09. The van der Waals surface area contributed by atoms with E-state index in [0.29, 0.717) is 30.4 Å². The average Bonchev–Trinajstić information content (AvgIpc) is 2.58. The summed E-state index contributed by atoms with van der Waals surface area (Å²) in [6.07, 6.45) is 15.2. The fourth-order valence-electron chi connectivity index (χ4n) is 3.37. The molecule has 0 fully saturated rings. The van der Waals surface area contributed by atoms with Gasteiger partial charge in [0.1, 0.15) is 6.54 Å². The second kappa shape index (κ2) is 16.2. The minimum Gasteiger partial charge on any atom is -0.544 e. The van der Waals surface area contributed by atoms with Crippen LogP contribution in [0.15, 0.2) is 0 Å². The van der Waals surface area contributed by atoms with Crippen molar-refractivity contribution >= 4 is 16.0 Å². The molecule has 0 bridgehead atoms. The van der Waals surface area contributed by atoms with E-state index in [9.17, 15) is 18.3 Å². The number of likely N-dealkylation sites (N-methyl/N-ethyl adjacent to an activating group) is 1. The van der Waals surface area contributed by atoms with E-state index in [1.807, 2.05) is 0 Å². The van der Waals surface area contributed by atoms with Crippen molar-refractivity contribution < 1.29 is 22.8 Å². The minimum absolute atomic E-state index is 0.0639. The van der Waals surface area contributed by atoms with E-state index >= 15 is 0 Å². The molecule has 0 aliphatic carbocycles. The highest BCUT2D eigenvalue weighted by Crippen LogP contribution is 2.12. The van der Waals surface area contributed by atoms with Gasteiger partial charge in [-0.25, -0.2) is 13.1 Å². The number of carbonyl (C=O) groups excluding carboxylic acids is 1. The second-order valence-electron chi connectivity index (χ2n) is 8.65. The van der Waals surface area contributed by atoms with E-state index < -0.39 is 16.0 Å². The summed E-state index contributed by atoms with van der Waals surface area (Å²) in [5, 5.41) is 10.7. The van der Waals surface area contributed by atoms with E-state index in [0.717, 1.165) is 12.8 Å². The minimum atomic E-state index is -3.22. The summed E-state index contributed by atoms with van der Waals surface area (Å²) in [5.41, 5.74) is 0. The van der Waals surface area contributed by atoms with Gasteiger partial charge in [0.2, 0.25) is 10.0 Å². The quantitative estimate of drug-likeness (QED) is 0.242. The number of hydrogen-bond donors (Lipinski definition) is 1. The molecule has 1 N–H and O–H groups in total. The number of unbranched alkanes of at least 4 members (excludes halogenated alkanes) is 11. The molecular formula is C21H44N2O4S. The van der Waals surface area contributed by atoms with Gasteiger partial charge in [-0.1, -0.05) is 77.6 Å². The van der Waals surface area contributed by atoms with Gasteiger partial charge >= 0.3 is 0 Å². The summed E-state index contributed by atoms with van der Waals surface area (Å²) in [4.78, 5) is 10.7. The van der Waals surface area contributed by atoms with Crippen LogP contribution in [0.1, 0.15) is 90.4 Å². The van der Waals surface area contributed by atoms with E-state index in [4.69, 9.17) is 0 Å². The molecular weight excluding hydrogens is 376 g/mol. The SMILES string of the molecule is CCCCCCCCCCCCCCS(=O)(=O)NCCC[N+](C)(C)CC(=O)[O-].